The van der Waals surface area contributed by atoms with Gasteiger partial charge in [0.05, 0.1) is 34.0 Å². The van der Waals surface area contributed by atoms with Crippen LogP contribution in [0.1, 0.15) is 17.9 Å². The van der Waals surface area contributed by atoms with Crippen LogP contribution in [-0.4, -0.2) is 28.7 Å². The van der Waals surface area contributed by atoms with Gasteiger partial charge in [-0.05, 0) is 18.2 Å². The van der Waals surface area contributed by atoms with E-state index in [-0.39, 0.29) is 11.7 Å². The highest BCUT2D eigenvalue weighted by Gasteiger charge is 2.32. The lowest BCUT2D eigenvalue weighted by Gasteiger charge is -2.19. The van der Waals surface area contributed by atoms with Crippen LogP contribution in [0.15, 0.2) is 30.5 Å². The van der Waals surface area contributed by atoms with Gasteiger partial charge in [0.1, 0.15) is 5.75 Å². The van der Waals surface area contributed by atoms with E-state index in [1.54, 1.807) is 31.5 Å². The first kappa shape index (κ1) is 16.3. The Morgan fingerprint density at radius 3 is 2.74 bits per heavy atom. The number of benzene rings is 1. The smallest absolute Gasteiger partial charge is 0.213 e. The largest absolute Gasteiger partial charge is 0.508 e. The maximum atomic E-state index is 10.2. The molecule has 23 heavy (non-hydrogen) atoms. The van der Waals surface area contributed by atoms with Crippen molar-refractivity contribution in [2.75, 3.05) is 18.6 Å². The van der Waals surface area contributed by atoms with E-state index in [9.17, 15) is 5.11 Å². The summed E-state index contributed by atoms with van der Waals surface area (Å²) in [5, 5.41) is 11.0. The number of phenols is 1. The zero-order valence-corrected chi connectivity index (χ0v) is 14.6. The summed E-state index contributed by atoms with van der Waals surface area (Å²) in [5.41, 5.74) is 1.53. The highest BCUT2D eigenvalue weighted by atomic mass is 35.5. The molecule has 2 heterocycles. The van der Waals surface area contributed by atoms with Gasteiger partial charge in [-0.3, -0.25) is 0 Å². The third-order valence-electron chi connectivity index (χ3n) is 3.88. The fourth-order valence-electron chi connectivity index (χ4n) is 2.75. The highest BCUT2D eigenvalue weighted by molar-refractivity contribution is 7.80. The zero-order chi connectivity index (χ0) is 16.6. The molecular weight excluding hydrogens is 355 g/mol. The summed E-state index contributed by atoms with van der Waals surface area (Å²) in [6.07, 6.45) is 2.34. The van der Waals surface area contributed by atoms with Gasteiger partial charge < -0.3 is 14.7 Å². The third kappa shape index (κ3) is 3.09. The van der Waals surface area contributed by atoms with Crippen LogP contribution in [0.5, 0.6) is 11.6 Å². The summed E-state index contributed by atoms with van der Waals surface area (Å²) in [4.78, 5) is 6.97. The summed E-state index contributed by atoms with van der Waals surface area (Å²) >= 11 is 17.8. The van der Waals surface area contributed by atoms with E-state index in [0.717, 1.165) is 10.7 Å². The standard InChI is InChI=1S/C16H14Cl2N2O2S/c1-22-13-5-2-10(7-19-13)20-8-9(6-14(20)23)15-12(21)4-3-11(17)16(15)18/h2-5,7,9,21H,6,8H2,1H3/t9-/m0/s1. The summed E-state index contributed by atoms with van der Waals surface area (Å²) < 4.78 is 5.07. The molecule has 0 unspecified atom stereocenters. The number of aromatic hydroxyl groups is 1. The molecule has 0 amide bonds. The molecule has 1 saturated heterocycles. The molecule has 0 saturated carbocycles. The average Bonchev–Trinajstić information content (AvgIpc) is 2.93. The van der Waals surface area contributed by atoms with Crippen molar-refractivity contribution >= 4 is 46.1 Å². The number of hydrogen-bond acceptors (Lipinski definition) is 4. The Bertz CT molecular complexity index is 752. The SMILES string of the molecule is COc1ccc(N2C[C@@H](c3c(O)ccc(Cl)c3Cl)CC2=S)cn1. The number of halogens is 2. The summed E-state index contributed by atoms with van der Waals surface area (Å²) in [7, 11) is 1.57. The Hall–Kier alpha value is -1.56. The fraction of sp³-hybridized carbons (Fsp3) is 0.250. The number of ether oxygens (including phenoxy) is 1. The molecule has 0 aliphatic carbocycles. The lowest BCUT2D eigenvalue weighted by molar-refractivity contribution is 0.398. The summed E-state index contributed by atoms with van der Waals surface area (Å²) in [6, 6.07) is 6.83. The molecule has 120 valence electrons. The van der Waals surface area contributed by atoms with Crippen molar-refractivity contribution in [2.24, 2.45) is 0 Å². The molecule has 1 N–H and O–H groups in total. The minimum atomic E-state index is -0.0178. The Labute approximate surface area is 149 Å². The number of pyridine rings is 1. The molecule has 1 aromatic heterocycles. The number of rotatable bonds is 3. The second-order valence-corrected chi connectivity index (χ2v) is 6.51. The van der Waals surface area contributed by atoms with Crippen LogP contribution in [-0.2, 0) is 0 Å². The molecule has 3 rings (SSSR count). The number of anilines is 1. The lowest BCUT2D eigenvalue weighted by Crippen LogP contribution is -2.23. The van der Waals surface area contributed by atoms with Gasteiger partial charge in [0.25, 0.3) is 0 Å². The number of hydrogen-bond donors (Lipinski definition) is 1. The van der Waals surface area contributed by atoms with Crippen molar-refractivity contribution in [1.82, 2.24) is 4.98 Å². The molecule has 1 aliphatic heterocycles. The van der Waals surface area contributed by atoms with Crippen LogP contribution in [0.4, 0.5) is 5.69 Å². The molecule has 4 nitrogen and oxygen atoms in total. The topological polar surface area (TPSA) is 45.6 Å². The summed E-state index contributed by atoms with van der Waals surface area (Å²) in [5.74, 6) is 0.670. The highest BCUT2D eigenvalue weighted by Crippen LogP contribution is 2.42. The number of thiocarbonyl (C=S) groups is 1. The Balaban J connectivity index is 1.89. The Morgan fingerprint density at radius 2 is 2.09 bits per heavy atom. The van der Waals surface area contributed by atoms with Crippen LogP contribution in [0.25, 0.3) is 0 Å². The lowest BCUT2D eigenvalue weighted by atomic mass is 9.97. The van der Waals surface area contributed by atoms with Crippen molar-refractivity contribution in [2.45, 2.75) is 12.3 Å². The van der Waals surface area contributed by atoms with Gasteiger partial charge >= 0.3 is 0 Å². The number of methoxy groups -OCH3 is 1. The van der Waals surface area contributed by atoms with Crippen LogP contribution < -0.4 is 9.64 Å². The van der Waals surface area contributed by atoms with E-state index in [2.05, 4.69) is 4.98 Å². The van der Waals surface area contributed by atoms with E-state index in [1.807, 2.05) is 11.0 Å². The molecule has 0 bridgehead atoms. The van der Waals surface area contributed by atoms with Gasteiger partial charge in [0, 0.05) is 30.5 Å². The molecule has 0 radical (unpaired) electrons. The third-order valence-corrected chi connectivity index (χ3v) is 5.09. The van der Waals surface area contributed by atoms with Gasteiger partial charge in [-0.25, -0.2) is 4.98 Å². The minimum absolute atomic E-state index is 0.0178. The first-order valence-corrected chi connectivity index (χ1v) is 8.15. The Morgan fingerprint density at radius 1 is 1.30 bits per heavy atom. The van der Waals surface area contributed by atoms with E-state index >= 15 is 0 Å². The van der Waals surface area contributed by atoms with Gasteiger partial charge in [-0.15, -0.1) is 0 Å². The summed E-state index contributed by atoms with van der Waals surface area (Å²) in [6.45, 7) is 0.612. The van der Waals surface area contributed by atoms with Crippen molar-refractivity contribution in [3.8, 4) is 11.6 Å². The van der Waals surface area contributed by atoms with Gasteiger partial charge in [0.15, 0.2) is 0 Å². The number of aromatic nitrogens is 1. The Kier molecular flexibility index (Phi) is 4.62. The number of phenolic OH excluding ortho intramolecular Hbond substituents is 1. The van der Waals surface area contributed by atoms with Crippen LogP contribution in [0, 0.1) is 0 Å². The van der Waals surface area contributed by atoms with E-state index in [1.165, 1.54) is 0 Å². The monoisotopic (exact) mass is 368 g/mol. The number of nitrogens with zero attached hydrogens (tertiary/aromatic N) is 2. The maximum absolute atomic E-state index is 10.2. The van der Waals surface area contributed by atoms with Gasteiger partial charge in [0.2, 0.25) is 5.88 Å². The van der Waals surface area contributed by atoms with Crippen molar-refractivity contribution in [3.05, 3.63) is 46.1 Å². The van der Waals surface area contributed by atoms with Gasteiger partial charge in [-0.1, -0.05) is 35.4 Å². The van der Waals surface area contributed by atoms with E-state index in [0.29, 0.717) is 34.5 Å². The quantitative estimate of drug-likeness (QED) is 0.812. The van der Waals surface area contributed by atoms with Crippen LogP contribution in [0.2, 0.25) is 10.0 Å². The molecule has 1 fully saturated rings. The molecule has 2 aromatic rings. The predicted octanol–water partition coefficient (Wildman–Crippen LogP) is 4.42. The average molecular weight is 369 g/mol. The maximum Gasteiger partial charge on any atom is 0.213 e. The predicted molar refractivity (Wildman–Crippen MR) is 96.2 cm³/mol. The second kappa shape index (κ2) is 6.51. The molecule has 1 aliphatic rings. The first-order valence-electron chi connectivity index (χ1n) is 6.98. The zero-order valence-electron chi connectivity index (χ0n) is 12.3. The van der Waals surface area contributed by atoms with Crippen LogP contribution >= 0.6 is 35.4 Å². The molecule has 0 spiro atoms. The molecular formula is C16H14Cl2N2O2S. The molecule has 1 aromatic carbocycles. The van der Waals surface area contributed by atoms with E-state index < -0.39 is 0 Å². The normalized spacial score (nSPS) is 17.6. The van der Waals surface area contributed by atoms with Crippen molar-refractivity contribution < 1.29 is 9.84 Å². The first-order chi connectivity index (χ1) is 11.0. The molecule has 7 heteroatoms. The van der Waals surface area contributed by atoms with Crippen molar-refractivity contribution in [1.29, 1.82) is 0 Å². The van der Waals surface area contributed by atoms with E-state index in [4.69, 9.17) is 40.2 Å². The second-order valence-electron chi connectivity index (χ2n) is 5.26. The van der Waals surface area contributed by atoms with Crippen LogP contribution in [0.3, 0.4) is 0 Å². The molecule has 1 atom stereocenters. The van der Waals surface area contributed by atoms with Gasteiger partial charge in [-0.2, -0.15) is 0 Å². The van der Waals surface area contributed by atoms with Crippen molar-refractivity contribution in [3.63, 3.8) is 0 Å². The fourth-order valence-corrected chi connectivity index (χ4v) is 3.61. The minimum Gasteiger partial charge on any atom is -0.508 e.